The van der Waals surface area contributed by atoms with Crippen molar-refractivity contribution in [2.24, 2.45) is 0 Å². The molecule has 0 aliphatic heterocycles. The fourth-order valence-electron chi connectivity index (χ4n) is 1.32. The number of amides is 1. The number of hydrogen-bond acceptors (Lipinski definition) is 3. The van der Waals surface area contributed by atoms with Crippen molar-refractivity contribution in [1.82, 2.24) is 4.90 Å². The van der Waals surface area contributed by atoms with Crippen LogP contribution in [0.5, 0.6) is 0 Å². The number of carboxylic acids is 1. The van der Waals surface area contributed by atoms with E-state index in [1.165, 1.54) is 4.90 Å². The van der Waals surface area contributed by atoms with Gasteiger partial charge in [-0.2, -0.15) is 11.8 Å². The van der Waals surface area contributed by atoms with Crippen LogP contribution in [-0.2, 0) is 9.59 Å². The summed E-state index contributed by atoms with van der Waals surface area (Å²) in [4.78, 5) is 24.1. The van der Waals surface area contributed by atoms with Crippen molar-refractivity contribution >= 4 is 23.6 Å². The van der Waals surface area contributed by atoms with E-state index >= 15 is 0 Å². The molecule has 0 spiro atoms. The van der Waals surface area contributed by atoms with Crippen LogP contribution in [0.3, 0.4) is 0 Å². The maximum absolute atomic E-state index is 11.9. The highest BCUT2D eigenvalue weighted by molar-refractivity contribution is 7.99. The molecule has 4 nitrogen and oxygen atoms in total. The van der Waals surface area contributed by atoms with Gasteiger partial charge in [-0.3, -0.25) is 9.59 Å². The molecule has 0 saturated heterocycles. The first-order valence-electron chi connectivity index (χ1n) is 5.89. The molecule has 17 heavy (non-hydrogen) atoms. The SMILES string of the molecule is CCCCSCC(=O)N(CC(=O)O)C(C)(C)C. The Bertz CT molecular complexity index is 261. The standard InChI is InChI=1S/C12H23NO3S/c1-5-6-7-17-9-10(14)13(8-11(15)16)12(2,3)4/h5-9H2,1-4H3,(H,15,16). The number of hydrogen-bond donors (Lipinski definition) is 1. The molecule has 0 aromatic heterocycles. The molecule has 0 aliphatic rings. The van der Waals surface area contributed by atoms with E-state index in [1.54, 1.807) is 11.8 Å². The number of carbonyl (C=O) groups excluding carboxylic acids is 1. The Morgan fingerprint density at radius 1 is 1.29 bits per heavy atom. The molecule has 0 aliphatic carbocycles. The van der Waals surface area contributed by atoms with Crippen LogP contribution in [0, 0.1) is 0 Å². The second-order valence-electron chi connectivity index (χ2n) is 4.95. The number of aliphatic carboxylic acids is 1. The summed E-state index contributed by atoms with van der Waals surface area (Å²) >= 11 is 1.57. The van der Waals surface area contributed by atoms with Crippen LogP contribution >= 0.6 is 11.8 Å². The maximum atomic E-state index is 11.9. The minimum Gasteiger partial charge on any atom is -0.480 e. The van der Waals surface area contributed by atoms with Crippen molar-refractivity contribution in [2.75, 3.05) is 18.1 Å². The zero-order valence-corrected chi connectivity index (χ0v) is 12.0. The number of unbranched alkanes of at least 4 members (excludes halogenated alkanes) is 1. The van der Waals surface area contributed by atoms with Crippen LogP contribution in [0.2, 0.25) is 0 Å². The van der Waals surface area contributed by atoms with E-state index in [0.717, 1.165) is 18.6 Å². The molecule has 0 aromatic rings. The summed E-state index contributed by atoms with van der Waals surface area (Å²) in [5.74, 6) is 0.255. The topological polar surface area (TPSA) is 57.6 Å². The summed E-state index contributed by atoms with van der Waals surface area (Å²) in [6.07, 6.45) is 2.20. The van der Waals surface area contributed by atoms with Crippen molar-refractivity contribution < 1.29 is 14.7 Å². The lowest BCUT2D eigenvalue weighted by Crippen LogP contribution is -2.49. The van der Waals surface area contributed by atoms with Gasteiger partial charge in [0.1, 0.15) is 6.54 Å². The molecule has 0 radical (unpaired) electrons. The van der Waals surface area contributed by atoms with E-state index in [0.29, 0.717) is 5.75 Å². The fourth-order valence-corrected chi connectivity index (χ4v) is 2.29. The summed E-state index contributed by atoms with van der Waals surface area (Å²) in [5, 5.41) is 8.81. The maximum Gasteiger partial charge on any atom is 0.323 e. The number of carbonyl (C=O) groups is 2. The molecule has 100 valence electrons. The molecule has 0 unspecified atom stereocenters. The Morgan fingerprint density at radius 3 is 2.29 bits per heavy atom. The van der Waals surface area contributed by atoms with Crippen LogP contribution < -0.4 is 0 Å². The number of nitrogens with zero attached hydrogens (tertiary/aromatic N) is 1. The summed E-state index contributed by atoms with van der Waals surface area (Å²) in [6, 6.07) is 0. The highest BCUT2D eigenvalue weighted by atomic mass is 32.2. The molecule has 5 heteroatoms. The number of rotatable bonds is 7. The molecule has 1 N–H and O–H groups in total. The van der Waals surface area contributed by atoms with Crippen molar-refractivity contribution in [1.29, 1.82) is 0 Å². The van der Waals surface area contributed by atoms with Gasteiger partial charge < -0.3 is 10.0 Å². The lowest BCUT2D eigenvalue weighted by molar-refractivity contribution is -0.146. The first-order chi connectivity index (χ1) is 7.79. The Kier molecular flexibility index (Phi) is 7.27. The van der Waals surface area contributed by atoms with E-state index in [4.69, 9.17) is 5.11 Å². The third kappa shape index (κ3) is 7.26. The molecular formula is C12H23NO3S. The normalized spacial score (nSPS) is 11.3. The predicted molar refractivity (Wildman–Crippen MR) is 71.3 cm³/mol. The van der Waals surface area contributed by atoms with Gasteiger partial charge in [-0.25, -0.2) is 0 Å². The van der Waals surface area contributed by atoms with Gasteiger partial charge in [0.05, 0.1) is 5.75 Å². The van der Waals surface area contributed by atoms with Gasteiger partial charge in [0.2, 0.25) is 5.91 Å². The van der Waals surface area contributed by atoms with E-state index in [-0.39, 0.29) is 12.5 Å². The summed E-state index contributed by atoms with van der Waals surface area (Å²) in [6.45, 7) is 7.44. The van der Waals surface area contributed by atoms with Gasteiger partial charge in [0.25, 0.3) is 0 Å². The van der Waals surface area contributed by atoms with Crippen LogP contribution in [0.25, 0.3) is 0 Å². The first kappa shape index (κ1) is 16.3. The quantitative estimate of drug-likeness (QED) is 0.714. The average molecular weight is 261 g/mol. The molecule has 1 amide bonds. The molecule has 0 saturated carbocycles. The monoisotopic (exact) mass is 261 g/mol. The number of thioether (sulfide) groups is 1. The lowest BCUT2D eigenvalue weighted by Gasteiger charge is -2.34. The van der Waals surface area contributed by atoms with Crippen molar-refractivity contribution in [3.8, 4) is 0 Å². The molecule has 0 rings (SSSR count). The van der Waals surface area contributed by atoms with Crippen molar-refractivity contribution in [3.05, 3.63) is 0 Å². The minimum absolute atomic E-state index is 0.0963. The predicted octanol–water partition coefficient (Wildman–Crippen LogP) is 2.23. The average Bonchev–Trinajstić information content (AvgIpc) is 2.19. The summed E-state index contributed by atoms with van der Waals surface area (Å²) in [7, 11) is 0. The Balaban J connectivity index is 4.29. The van der Waals surface area contributed by atoms with Gasteiger partial charge in [-0.1, -0.05) is 13.3 Å². The zero-order chi connectivity index (χ0) is 13.5. The Morgan fingerprint density at radius 2 is 1.88 bits per heavy atom. The van der Waals surface area contributed by atoms with Gasteiger partial charge in [0.15, 0.2) is 0 Å². The fraction of sp³-hybridized carbons (Fsp3) is 0.833. The van der Waals surface area contributed by atoms with E-state index in [1.807, 2.05) is 20.8 Å². The van der Waals surface area contributed by atoms with Gasteiger partial charge in [0, 0.05) is 5.54 Å². The van der Waals surface area contributed by atoms with Crippen LogP contribution in [0.1, 0.15) is 40.5 Å². The van der Waals surface area contributed by atoms with Crippen LogP contribution in [0.4, 0.5) is 0 Å². The van der Waals surface area contributed by atoms with Crippen LogP contribution in [-0.4, -0.2) is 45.5 Å². The zero-order valence-electron chi connectivity index (χ0n) is 11.2. The van der Waals surface area contributed by atoms with Crippen molar-refractivity contribution in [2.45, 2.75) is 46.1 Å². The molecule has 0 bridgehead atoms. The largest absolute Gasteiger partial charge is 0.480 e. The number of carboxylic acid groups (broad SMARTS) is 1. The summed E-state index contributed by atoms with van der Waals surface area (Å²) in [5.41, 5.74) is -0.444. The van der Waals surface area contributed by atoms with Crippen LogP contribution in [0.15, 0.2) is 0 Å². The third-order valence-electron chi connectivity index (χ3n) is 2.27. The minimum atomic E-state index is -0.966. The van der Waals surface area contributed by atoms with E-state index < -0.39 is 11.5 Å². The smallest absolute Gasteiger partial charge is 0.323 e. The molecule has 0 fully saturated rings. The van der Waals surface area contributed by atoms with Gasteiger partial charge in [-0.15, -0.1) is 0 Å². The second kappa shape index (κ2) is 7.58. The molecule has 0 heterocycles. The molecular weight excluding hydrogens is 238 g/mol. The Hall–Kier alpha value is -0.710. The van der Waals surface area contributed by atoms with E-state index in [2.05, 4.69) is 6.92 Å². The van der Waals surface area contributed by atoms with E-state index in [9.17, 15) is 9.59 Å². The lowest BCUT2D eigenvalue weighted by atomic mass is 10.1. The first-order valence-corrected chi connectivity index (χ1v) is 7.04. The van der Waals surface area contributed by atoms with Crippen molar-refractivity contribution in [3.63, 3.8) is 0 Å². The van der Waals surface area contributed by atoms with Gasteiger partial charge in [-0.05, 0) is 32.9 Å². The van der Waals surface area contributed by atoms with Gasteiger partial charge >= 0.3 is 5.97 Å². The molecule has 0 aromatic carbocycles. The Labute approximate surface area is 108 Å². The highest BCUT2D eigenvalue weighted by Crippen LogP contribution is 2.15. The highest BCUT2D eigenvalue weighted by Gasteiger charge is 2.27. The summed E-state index contributed by atoms with van der Waals surface area (Å²) < 4.78 is 0. The third-order valence-corrected chi connectivity index (χ3v) is 3.30. The molecule has 0 atom stereocenters. The second-order valence-corrected chi connectivity index (χ2v) is 6.06.